The molecule has 1 amide bonds. The number of anilines is 2. The van der Waals surface area contributed by atoms with Crippen molar-refractivity contribution < 1.29 is 22.4 Å². The summed E-state index contributed by atoms with van der Waals surface area (Å²) in [5, 5.41) is 2.39. The van der Waals surface area contributed by atoms with Crippen molar-refractivity contribution in [2.45, 2.75) is 25.7 Å². The Morgan fingerprint density at radius 1 is 1.15 bits per heavy atom. The second-order valence-electron chi connectivity index (χ2n) is 6.12. The second kappa shape index (κ2) is 6.89. The molecule has 1 saturated heterocycles. The number of nitrogens with one attached hydrogen (secondary N) is 1. The van der Waals surface area contributed by atoms with E-state index in [0.717, 1.165) is 18.2 Å². The first-order chi connectivity index (χ1) is 12.2. The van der Waals surface area contributed by atoms with Gasteiger partial charge in [-0.2, -0.15) is 4.98 Å². The van der Waals surface area contributed by atoms with Gasteiger partial charge < -0.3 is 10.2 Å². The zero-order valence-corrected chi connectivity index (χ0v) is 13.9. The molecule has 26 heavy (non-hydrogen) atoms. The molecule has 3 rings (SSSR count). The van der Waals surface area contributed by atoms with Gasteiger partial charge in [0.2, 0.25) is 5.95 Å². The fourth-order valence-electron chi connectivity index (χ4n) is 2.65. The van der Waals surface area contributed by atoms with Gasteiger partial charge >= 0.3 is 0 Å². The van der Waals surface area contributed by atoms with Crippen LogP contribution in [-0.4, -0.2) is 34.9 Å². The third-order valence-corrected chi connectivity index (χ3v) is 4.03. The molecule has 1 N–H and O–H groups in total. The quantitative estimate of drug-likeness (QED) is 0.842. The summed E-state index contributed by atoms with van der Waals surface area (Å²) < 4.78 is 53.5. The van der Waals surface area contributed by atoms with Crippen molar-refractivity contribution in [3.05, 3.63) is 47.2 Å². The number of piperidine rings is 1. The standard InChI is InChI=1S/C17H16F4N4O/c1-10-8-14(23-15(26)12-9-11(18)2-3-13(12)19)24-16(22-10)25-6-4-17(20,21)5-7-25/h2-3,8-9H,4-7H2,1H3,(H,22,23,24,26). The normalized spacial score (nSPS) is 16.4. The van der Waals surface area contributed by atoms with E-state index in [-0.39, 0.29) is 37.7 Å². The Bertz CT molecular complexity index is 834. The molecule has 1 aromatic carbocycles. The number of halogens is 4. The number of aryl methyl sites for hydroxylation is 1. The molecule has 0 bridgehead atoms. The Labute approximate surface area is 147 Å². The lowest BCUT2D eigenvalue weighted by molar-refractivity contribution is -0.0222. The van der Waals surface area contributed by atoms with Crippen LogP contribution < -0.4 is 10.2 Å². The zero-order chi connectivity index (χ0) is 18.9. The van der Waals surface area contributed by atoms with E-state index in [4.69, 9.17) is 0 Å². The fourth-order valence-corrected chi connectivity index (χ4v) is 2.65. The van der Waals surface area contributed by atoms with Gasteiger partial charge in [-0.1, -0.05) is 0 Å². The lowest BCUT2D eigenvalue weighted by Gasteiger charge is -2.31. The Morgan fingerprint density at radius 2 is 1.85 bits per heavy atom. The molecule has 0 atom stereocenters. The summed E-state index contributed by atoms with van der Waals surface area (Å²) in [6.07, 6.45) is -0.610. The summed E-state index contributed by atoms with van der Waals surface area (Å²) in [7, 11) is 0. The van der Waals surface area contributed by atoms with E-state index in [2.05, 4.69) is 15.3 Å². The van der Waals surface area contributed by atoms with Crippen molar-refractivity contribution >= 4 is 17.7 Å². The molecule has 9 heteroatoms. The number of carbonyl (C=O) groups is 1. The fraction of sp³-hybridized carbons (Fsp3) is 0.353. The molecule has 1 aliphatic heterocycles. The Kier molecular flexibility index (Phi) is 4.80. The molecule has 1 fully saturated rings. The average Bonchev–Trinajstić information content (AvgIpc) is 2.56. The van der Waals surface area contributed by atoms with Crippen LogP contribution in [0.4, 0.5) is 29.3 Å². The number of rotatable bonds is 3. The molecule has 0 unspecified atom stereocenters. The molecular formula is C17H16F4N4O. The summed E-state index contributed by atoms with van der Waals surface area (Å²) in [4.78, 5) is 22.1. The van der Waals surface area contributed by atoms with Crippen LogP contribution in [-0.2, 0) is 0 Å². The second-order valence-corrected chi connectivity index (χ2v) is 6.12. The van der Waals surface area contributed by atoms with Gasteiger partial charge in [0, 0.05) is 37.7 Å². The molecule has 0 radical (unpaired) electrons. The van der Waals surface area contributed by atoms with Crippen molar-refractivity contribution in [3.63, 3.8) is 0 Å². The van der Waals surface area contributed by atoms with Crippen LogP contribution in [0.5, 0.6) is 0 Å². The number of alkyl halides is 2. The van der Waals surface area contributed by atoms with Crippen LogP contribution in [0.15, 0.2) is 24.3 Å². The van der Waals surface area contributed by atoms with Crippen LogP contribution >= 0.6 is 0 Å². The van der Waals surface area contributed by atoms with Crippen molar-refractivity contribution in [3.8, 4) is 0 Å². The third kappa shape index (κ3) is 4.09. The minimum absolute atomic E-state index is 0.0819. The highest BCUT2D eigenvalue weighted by atomic mass is 19.3. The maximum atomic E-state index is 13.7. The first-order valence-corrected chi connectivity index (χ1v) is 7.98. The molecule has 2 heterocycles. The van der Waals surface area contributed by atoms with Gasteiger partial charge in [0.1, 0.15) is 17.5 Å². The van der Waals surface area contributed by atoms with Crippen molar-refractivity contribution in [1.29, 1.82) is 0 Å². The van der Waals surface area contributed by atoms with E-state index in [0.29, 0.717) is 5.69 Å². The predicted molar refractivity (Wildman–Crippen MR) is 87.5 cm³/mol. The number of nitrogens with zero attached hydrogens (tertiary/aromatic N) is 3. The smallest absolute Gasteiger partial charge is 0.259 e. The minimum atomic E-state index is -2.70. The largest absolute Gasteiger partial charge is 0.340 e. The number of benzene rings is 1. The van der Waals surface area contributed by atoms with Crippen LogP contribution in [0.3, 0.4) is 0 Å². The third-order valence-electron chi connectivity index (χ3n) is 4.03. The number of aromatic nitrogens is 2. The topological polar surface area (TPSA) is 58.1 Å². The van der Waals surface area contributed by atoms with E-state index in [1.165, 1.54) is 6.07 Å². The van der Waals surface area contributed by atoms with E-state index < -0.39 is 29.0 Å². The Morgan fingerprint density at radius 3 is 2.54 bits per heavy atom. The van der Waals surface area contributed by atoms with Crippen LogP contribution in [0.1, 0.15) is 28.9 Å². The molecule has 1 aromatic heterocycles. The van der Waals surface area contributed by atoms with Crippen LogP contribution in [0.2, 0.25) is 0 Å². The minimum Gasteiger partial charge on any atom is -0.340 e. The van der Waals surface area contributed by atoms with Gasteiger partial charge in [0.25, 0.3) is 11.8 Å². The lowest BCUT2D eigenvalue weighted by Crippen LogP contribution is -2.40. The molecule has 2 aromatic rings. The summed E-state index contributed by atoms with van der Waals surface area (Å²) in [6, 6.07) is 4.00. The molecule has 0 spiro atoms. The Balaban J connectivity index is 1.80. The average molecular weight is 368 g/mol. The molecule has 138 valence electrons. The number of carbonyl (C=O) groups excluding carboxylic acids is 1. The summed E-state index contributed by atoms with van der Waals surface area (Å²) >= 11 is 0. The molecule has 1 aliphatic rings. The van der Waals surface area contributed by atoms with Gasteiger partial charge in [-0.05, 0) is 25.1 Å². The van der Waals surface area contributed by atoms with Gasteiger partial charge in [-0.3, -0.25) is 4.79 Å². The maximum absolute atomic E-state index is 13.7. The lowest BCUT2D eigenvalue weighted by atomic mass is 10.1. The molecule has 0 aliphatic carbocycles. The van der Waals surface area contributed by atoms with E-state index >= 15 is 0 Å². The first kappa shape index (κ1) is 18.1. The molecule has 5 nitrogen and oxygen atoms in total. The summed E-state index contributed by atoms with van der Waals surface area (Å²) in [5.74, 6) is -4.89. The highest BCUT2D eigenvalue weighted by Crippen LogP contribution is 2.29. The predicted octanol–water partition coefficient (Wildman–Crippen LogP) is 3.55. The first-order valence-electron chi connectivity index (χ1n) is 7.98. The van der Waals surface area contributed by atoms with Crippen molar-refractivity contribution in [1.82, 2.24) is 9.97 Å². The number of hydrogen-bond donors (Lipinski definition) is 1. The van der Waals surface area contributed by atoms with Gasteiger partial charge in [-0.25, -0.2) is 22.5 Å². The van der Waals surface area contributed by atoms with Gasteiger partial charge in [0.15, 0.2) is 0 Å². The zero-order valence-electron chi connectivity index (χ0n) is 13.9. The summed E-state index contributed by atoms with van der Waals surface area (Å²) in [6.45, 7) is 1.83. The monoisotopic (exact) mass is 368 g/mol. The van der Waals surface area contributed by atoms with Crippen molar-refractivity contribution in [2.24, 2.45) is 0 Å². The summed E-state index contributed by atoms with van der Waals surface area (Å²) in [5.41, 5.74) is 0.0442. The van der Waals surface area contributed by atoms with Crippen LogP contribution in [0, 0.1) is 18.6 Å². The van der Waals surface area contributed by atoms with Gasteiger partial charge in [0.05, 0.1) is 5.56 Å². The van der Waals surface area contributed by atoms with E-state index in [9.17, 15) is 22.4 Å². The highest BCUT2D eigenvalue weighted by Gasteiger charge is 2.34. The Hall–Kier alpha value is -2.71. The van der Waals surface area contributed by atoms with Gasteiger partial charge in [-0.15, -0.1) is 0 Å². The molecular weight excluding hydrogens is 352 g/mol. The SMILES string of the molecule is Cc1cc(NC(=O)c2cc(F)ccc2F)nc(N2CCC(F)(F)CC2)n1. The van der Waals surface area contributed by atoms with Crippen LogP contribution in [0.25, 0.3) is 0 Å². The highest BCUT2D eigenvalue weighted by molar-refractivity contribution is 6.04. The maximum Gasteiger partial charge on any atom is 0.259 e. The van der Waals surface area contributed by atoms with Crippen molar-refractivity contribution in [2.75, 3.05) is 23.3 Å². The molecule has 0 saturated carbocycles. The number of amides is 1. The van der Waals surface area contributed by atoms with E-state index in [1.807, 2.05) is 0 Å². The number of hydrogen-bond acceptors (Lipinski definition) is 4. The van der Waals surface area contributed by atoms with E-state index in [1.54, 1.807) is 11.8 Å².